The van der Waals surface area contributed by atoms with Crippen LogP contribution in [-0.4, -0.2) is 87.6 Å². The van der Waals surface area contributed by atoms with Crippen molar-refractivity contribution in [1.82, 2.24) is 30.5 Å². The molecule has 5 rings (SSSR count). The molecular formula is C33H36N6O5. The number of urea groups is 1. The first kappa shape index (κ1) is 30.3. The second kappa shape index (κ2) is 13.4. The van der Waals surface area contributed by atoms with E-state index in [-0.39, 0.29) is 62.6 Å². The van der Waals surface area contributed by atoms with Crippen LogP contribution in [0.4, 0.5) is 4.79 Å². The number of phenols is 1. The number of rotatable bonds is 9. The monoisotopic (exact) mass is 596 g/mol. The van der Waals surface area contributed by atoms with Gasteiger partial charge in [-0.2, -0.15) is 0 Å². The zero-order chi connectivity index (χ0) is 31.2. The van der Waals surface area contributed by atoms with Crippen molar-refractivity contribution >= 4 is 23.8 Å². The number of benzene rings is 3. The van der Waals surface area contributed by atoms with Gasteiger partial charge >= 0.3 is 6.03 Å². The summed E-state index contributed by atoms with van der Waals surface area (Å²) < 4.78 is 0. The Morgan fingerprint density at radius 2 is 1.70 bits per heavy atom. The van der Waals surface area contributed by atoms with E-state index in [1.807, 2.05) is 36.4 Å². The molecule has 2 aliphatic heterocycles. The quantitative estimate of drug-likeness (QED) is 0.326. The van der Waals surface area contributed by atoms with E-state index in [9.17, 15) is 24.3 Å². The topological polar surface area (TPSA) is 126 Å². The van der Waals surface area contributed by atoms with Crippen LogP contribution in [0, 0.1) is 0 Å². The smallest absolute Gasteiger partial charge is 0.334 e. The largest absolute Gasteiger partial charge is 0.508 e. The second-order valence-electron chi connectivity index (χ2n) is 10.8. The van der Waals surface area contributed by atoms with E-state index in [4.69, 9.17) is 0 Å². The zero-order valence-corrected chi connectivity index (χ0v) is 24.6. The summed E-state index contributed by atoms with van der Waals surface area (Å²) in [4.78, 5) is 57.1. The molecule has 0 aromatic heterocycles. The van der Waals surface area contributed by atoms with Crippen molar-refractivity contribution in [2.75, 3.05) is 26.7 Å². The number of hydrogen-bond donors (Lipinski definition) is 3. The van der Waals surface area contributed by atoms with Gasteiger partial charge in [0.05, 0.1) is 13.1 Å². The Bertz CT molecular complexity index is 1530. The van der Waals surface area contributed by atoms with Crippen molar-refractivity contribution in [2.24, 2.45) is 0 Å². The Labute approximate surface area is 256 Å². The lowest BCUT2D eigenvalue weighted by Crippen LogP contribution is -2.76. The molecule has 2 fully saturated rings. The fourth-order valence-corrected chi connectivity index (χ4v) is 5.73. The van der Waals surface area contributed by atoms with Gasteiger partial charge in [0.1, 0.15) is 18.0 Å². The van der Waals surface area contributed by atoms with Crippen LogP contribution in [0.5, 0.6) is 5.75 Å². The summed E-state index contributed by atoms with van der Waals surface area (Å²) in [7, 11) is 1.55. The first-order chi connectivity index (χ1) is 21.3. The van der Waals surface area contributed by atoms with Crippen molar-refractivity contribution in [3.05, 3.63) is 114 Å². The summed E-state index contributed by atoms with van der Waals surface area (Å²) in [6.07, 6.45) is 1.02. The van der Waals surface area contributed by atoms with Gasteiger partial charge in [0, 0.05) is 38.7 Å². The Morgan fingerprint density at radius 3 is 2.41 bits per heavy atom. The van der Waals surface area contributed by atoms with Gasteiger partial charge in [-0.1, -0.05) is 60.7 Å². The van der Waals surface area contributed by atoms with Crippen LogP contribution in [0.15, 0.2) is 91.5 Å². The summed E-state index contributed by atoms with van der Waals surface area (Å²) in [6.45, 7) is 4.49. The number of nitrogens with one attached hydrogen (secondary N) is 2. The number of nitrogens with zero attached hydrogens (tertiary/aromatic N) is 4. The molecule has 2 atom stereocenters. The van der Waals surface area contributed by atoms with Crippen molar-refractivity contribution in [3.8, 4) is 5.75 Å². The molecule has 3 aromatic carbocycles. The molecule has 228 valence electrons. The molecule has 3 N–H and O–H groups in total. The zero-order valence-electron chi connectivity index (χ0n) is 24.6. The maximum absolute atomic E-state index is 14.1. The van der Waals surface area contributed by atoms with Crippen LogP contribution in [0.2, 0.25) is 0 Å². The average Bonchev–Trinajstić information content (AvgIpc) is 3.03. The molecule has 0 saturated carbocycles. The predicted molar refractivity (Wildman–Crippen MR) is 164 cm³/mol. The van der Waals surface area contributed by atoms with Crippen LogP contribution >= 0.6 is 0 Å². The lowest BCUT2D eigenvalue weighted by molar-refractivity contribution is -0.189. The molecule has 11 heteroatoms. The summed E-state index contributed by atoms with van der Waals surface area (Å²) in [5.74, 6) is -0.695. The molecule has 0 bridgehead atoms. The Morgan fingerprint density at radius 1 is 0.977 bits per heavy atom. The highest BCUT2D eigenvalue weighted by atomic mass is 16.3. The maximum atomic E-state index is 14.1. The van der Waals surface area contributed by atoms with Crippen LogP contribution in [-0.2, 0) is 29.1 Å². The normalized spacial score (nSPS) is 18.5. The van der Waals surface area contributed by atoms with Gasteiger partial charge in [-0.3, -0.25) is 14.4 Å². The molecule has 1 unspecified atom stereocenters. The van der Waals surface area contributed by atoms with Crippen molar-refractivity contribution in [3.63, 3.8) is 0 Å². The van der Waals surface area contributed by atoms with E-state index in [2.05, 4.69) is 17.2 Å². The lowest BCUT2D eigenvalue weighted by atomic mass is 9.98. The summed E-state index contributed by atoms with van der Waals surface area (Å²) in [5, 5.41) is 18.6. The first-order valence-corrected chi connectivity index (χ1v) is 14.4. The van der Waals surface area contributed by atoms with Gasteiger partial charge in [0.2, 0.25) is 11.8 Å². The third kappa shape index (κ3) is 6.57. The van der Waals surface area contributed by atoms with Crippen molar-refractivity contribution < 1.29 is 24.3 Å². The Hall–Kier alpha value is -5.16. The first-order valence-electron chi connectivity index (χ1n) is 14.4. The van der Waals surface area contributed by atoms with Crippen molar-refractivity contribution in [2.45, 2.75) is 31.7 Å². The molecule has 2 heterocycles. The van der Waals surface area contributed by atoms with Gasteiger partial charge in [-0.25, -0.2) is 14.8 Å². The molecule has 2 saturated heterocycles. The predicted octanol–water partition coefficient (Wildman–Crippen LogP) is 2.49. The summed E-state index contributed by atoms with van der Waals surface area (Å²) in [6, 6.07) is 21.7. The van der Waals surface area contributed by atoms with Crippen molar-refractivity contribution in [1.29, 1.82) is 0 Å². The van der Waals surface area contributed by atoms with Crippen LogP contribution in [0.3, 0.4) is 0 Å². The van der Waals surface area contributed by atoms with Gasteiger partial charge < -0.3 is 25.5 Å². The Balaban J connectivity index is 1.50. The number of carbonyl (C=O) groups is 4. The standard InChI is InChI=1S/C33H36N6O5/c1-3-16-37-22-30(41)38-28(18-23-12-14-27(40)15-13-23)32(43)36(20-25-10-7-11-26(17-25)31(42)34-2)21-29(38)39(37)33(44)35-19-24-8-5-4-6-9-24/h3-15,17,28-29,40H,1,16,18-22H2,2H3,(H,34,42)(H,35,44)/t28?,29-/m0/s1. The molecular weight excluding hydrogens is 560 g/mol. The van der Waals surface area contributed by atoms with Gasteiger partial charge in [-0.05, 0) is 41.0 Å². The number of aromatic hydroxyl groups is 1. The molecule has 44 heavy (non-hydrogen) atoms. The molecule has 3 aromatic rings. The highest BCUT2D eigenvalue weighted by Crippen LogP contribution is 2.29. The summed E-state index contributed by atoms with van der Waals surface area (Å²) >= 11 is 0. The number of phenolic OH excluding ortho intramolecular Hbond substituents is 1. The van der Waals surface area contributed by atoms with Gasteiger partial charge in [0.25, 0.3) is 5.91 Å². The van der Waals surface area contributed by atoms with E-state index in [1.165, 1.54) is 22.0 Å². The van der Waals surface area contributed by atoms with E-state index in [0.29, 0.717) is 5.56 Å². The van der Waals surface area contributed by atoms with E-state index in [1.54, 1.807) is 53.4 Å². The third-order valence-electron chi connectivity index (χ3n) is 7.82. The van der Waals surface area contributed by atoms with E-state index in [0.717, 1.165) is 16.7 Å². The van der Waals surface area contributed by atoms with Crippen LogP contribution < -0.4 is 10.6 Å². The number of amides is 5. The highest BCUT2D eigenvalue weighted by Gasteiger charge is 2.51. The average molecular weight is 597 g/mol. The van der Waals surface area contributed by atoms with Crippen LogP contribution in [0.1, 0.15) is 27.0 Å². The minimum Gasteiger partial charge on any atom is -0.508 e. The molecule has 0 aliphatic carbocycles. The highest BCUT2D eigenvalue weighted by molar-refractivity contribution is 5.94. The fraction of sp³-hybridized carbons (Fsp3) is 0.273. The molecule has 5 amide bonds. The van der Waals surface area contributed by atoms with E-state index >= 15 is 0 Å². The lowest BCUT2D eigenvalue weighted by Gasteiger charge is -2.55. The summed E-state index contributed by atoms with van der Waals surface area (Å²) in [5.41, 5.74) is 2.87. The molecule has 11 nitrogen and oxygen atoms in total. The number of hydrazine groups is 1. The number of carbonyl (C=O) groups excluding carboxylic acids is 4. The van der Waals surface area contributed by atoms with Gasteiger partial charge in [-0.15, -0.1) is 6.58 Å². The molecule has 0 spiro atoms. The number of hydrogen-bond acceptors (Lipinski definition) is 6. The molecule has 2 aliphatic rings. The second-order valence-corrected chi connectivity index (χ2v) is 10.8. The molecule has 0 radical (unpaired) electrons. The van der Waals surface area contributed by atoms with Gasteiger partial charge in [0.15, 0.2) is 0 Å². The fourth-order valence-electron chi connectivity index (χ4n) is 5.73. The maximum Gasteiger partial charge on any atom is 0.334 e. The number of piperazine rings is 1. The minimum absolute atomic E-state index is 0.0628. The SMILES string of the molecule is C=CCN1CC(=O)N2C(Cc3ccc(O)cc3)C(=O)N(Cc3cccc(C(=O)NC)c3)C[C@@H]2N1C(=O)NCc1ccccc1. The number of fused-ring (bicyclic) bond motifs is 1. The third-order valence-corrected chi connectivity index (χ3v) is 7.82. The van der Waals surface area contributed by atoms with Crippen LogP contribution in [0.25, 0.3) is 0 Å². The minimum atomic E-state index is -0.900. The van der Waals surface area contributed by atoms with E-state index < -0.39 is 18.2 Å². The Kier molecular flexibility index (Phi) is 9.25.